The number of hydrogen-bond acceptors (Lipinski definition) is 8. The zero-order chi connectivity index (χ0) is 18.2. The van der Waals surface area contributed by atoms with Crippen molar-refractivity contribution >= 4 is 16.0 Å². The van der Waals surface area contributed by atoms with Crippen molar-refractivity contribution in [1.29, 1.82) is 5.26 Å². The average Bonchev–Trinajstić information content (AvgIpc) is 2.99. The number of hydrazine groups is 2. The van der Waals surface area contributed by atoms with Crippen LogP contribution >= 0.6 is 0 Å². The maximum absolute atomic E-state index is 12.1. The lowest BCUT2D eigenvalue weighted by atomic mass is 10.1. The van der Waals surface area contributed by atoms with Gasteiger partial charge < -0.3 is 10.1 Å². The maximum Gasteiger partial charge on any atom is 0.342 e. The molecule has 0 bridgehead atoms. The molecule has 2 heterocycles. The van der Waals surface area contributed by atoms with E-state index in [1.807, 2.05) is 6.07 Å². The number of nitrogens with one attached hydrogen (secondary N) is 1. The van der Waals surface area contributed by atoms with E-state index in [0.717, 1.165) is 10.5 Å². The zero-order valence-corrected chi connectivity index (χ0v) is 14.2. The first-order chi connectivity index (χ1) is 11.1. The fraction of sp³-hybridized carbons (Fsp3) is 0.455. The van der Waals surface area contributed by atoms with Gasteiger partial charge in [-0.2, -0.15) is 18.0 Å². The van der Waals surface area contributed by atoms with Crippen LogP contribution in [-0.4, -0.2) is 58.5 Å². The Balaban J connectivity index is 2.49. The van der Waals surface area contributed by atoms with Crippen molar-refractivity contribution < 1.29 is 13.3 Å². The summed E-state index contributed by atoms with van der Waals surface area (Å²) in [5.74, 6) is -0.118. The number of imidazole rings is 1. The third kappa shape index (κ3) is 2.95. The van der Waals surface area contributed by atoms with E-state index in [2.05, 4.69) is 9.82 Å². The summed E-state index contributed by atoms with van der Waals surface area (Å²) in [5.41, 5.74) is 0.183. The molecule has 1 aromatic rings. The second-order valence-electron chi connectivity index (χ2n) is 5.19. The number of hydrogen-bond donors (Lipinski definition) is 1. The van der Waals surface area contributed by atoms with Crippen LogP contribution in [-0.2, 0) is 17.3 Å². The fourth-order valence-corrected chi connectivity index (χ4v) is 2.78. The van der Waals surface area contributed by atoms with Crippen molar-refractivity contribution in [1.82, 2.24) is 28.8 Å². The predicted octanol–water partition coefficient (Wildman–Crippen LogP) is -0.750. The second-order valence-corrected chi connectivity index (χ2v) is 7.05. The lowest BCUT2D eigenvalue weighted by Gasteiger charge is -2.30. The Morgan fingerprint density at radius 3 is 2.54 bits per heavy atom. The number of nitriles is 1. The molecule has 0 aromatic carbocycles. The summed E-state index contributed by atoms with van der Waals surface area (Å²) in [5, 5.41) is 22.8. The molecule has 0 amide bonds. The highest BCUT2D eigenvalue weighted by atomic mass is 32.2. The summed E-state index contributed by atoms with van der Waals surface area (Å²) in [6.45, 7) is 0. The van der Waals surface area contributed by atoms with Crippen LogP contribution in [0.2, 0.25) is 0 Å². The second kappa shape index (κ2) is 6.17. The molecular formula is C11H16N8O4S. The lowest BCUT2D eigenvalue weighted by Crippen LogP contribution is -2.52. The van der Waals surface area contributed by atoms with E-state index < -0.39 is 21.2 Å². The minimum atomic E-state index is -3.86. The average molecular weight is 356 g/mol. The molecule has 1 atom stereocenters. The largest absolute Gasteiger partial charge is 0.358 e. The number of rotatable bonds is 5. The molecule has 1 unspecified atom stereocenters. The molecule has 1 aromatic heterocycles. The van der Waals surface area contributed by atoms with Crippen molar-refractivity contribution in [3.05, 3.63) is 33.9 Å². The summed E-state index contributed by atoms with van der Waals surface area (Å²) < 4.78 is 26.4. The van der Waals surface area contributed by atoms with Gasteiger partial charge in [-0.3, -0.25) is 5.01 Å². The van der Waals surface area contributed by atoms with Gasteiger partial charge >= 0.3 is 5.82 Å². The summed E-state index contributed by atoms with van der Waals surface area (Å²) in [6, 6.07) is 1.02. The van der Waals surface area contributed by atoms with E-state index in [0.29, 0.717) is 0 Å². The molecule has 0 aliphatic carbocycles. The molecule has 1 N–H and O–H groups in total. The van der Waals surface area contributed by atoms with Gasteiger partial charge in [0.15, 0.2) is 6.04 Å². The number of nitrogens with zero attached hydrogens (tertiary/aromatic N) is 7. The predicted molar refractivity (Wildman–Crippen MR) is 81.6 cm³/mol. The van der Waals surface area contributed by atoms with Gasteiger partial charge in [0.25, 0.3) is 10.2 Å². The highest BCUT2D eigenvalue weighted by Gasteiger charge is 2.41. The monoisotopic (exact) mass is 356 g/mol. The van der Waals surface area contributed by atoms with Gasteiger partial charge in [0, 0.05) is 27.3 Å². The van der Waals surface area contributed by atoms with Gasteiger partial charge in [0.1, 0.15) is 6.20 Å². The van der Waals surface area contributed by atoms with E-state index in [9.17, 15) is 23.8 Å². The van der Waals surface area contributed by atoms with Crippen LogP contribution in [0.1, 0.15) is 11.9 Å². The first-order valence-electron chi connectivity index (χ1n) is 6.59. The lowest BCUT2D eigenvalue weighted by molar-refractivity contribution is -0.391. The van der Waals surface area contributed by atoms with Crippen molar-refractivity contribution in [3.8, 4) is 6.07 Å². The van der Waals surface area contributed by atoms with Crippen LogP contribution in [0.3, 0.4) is 0 Å². The Bertz CT molecular complexity index is 837. The molecule has 12 nitrogen and oxygen atoms in total. The summed E-state index contributed by atoms with van der Waals surface area (Å²) in [6.07, 6.45) is 2.48. The van der Waals surface area contributed by atoms with Crippen molar-refractivity contribution in [2.75, 3.05) is 21.1 Å². The molecule has 0 radical (unpaired) electrons. The standard InChI is InChI=1S/C11H16N8O4S/c1-15(2)24(22,23)14-18-10(8(5-12)7-16(18)3)11-13-6-9(17(11)4)19(20)21/h6-7,10,14H,1-4H3. The molecule has 2 rings (SSSR count). The first kappa shape index (κ1) is 17.8. The Morgan fingerprint density at radius 1 is 1.46 bits per heavy atom. The van der Waals surface area contributed by atoms with E-state index in [1.165, 1.54) is 49.1 Å². The zero-order valence-electron chi connectivity index (χ0n) is 13.4. The quantitative estimate of drug-likeness (QED) is 0.537. The summed E-state index contributed by atoms with van der Waals surface area (Å²) >= 11 is 0. The molecule has 0 spiro atoms. The maximum atomic E-state index is 12.1. The van der Waals surface area contributed by atoms with E-state index in [-0.39, 0.29) is 17.2 Å². The smallest absolute Gasteiger partial charge is 0.342 e. The third-order valence-corrected chi connectivity index (χ3v) is 4.83. The van der Waals surface area contributed by atoms with E-state index >= 15 is 0 Å². The number of aromatic nitrogens is 2. The minimum absolute atomic E-state index is 0.153. The molecule has 1 aliphatic heterocycles. The SMILES string of the molecule is CN1C=C(C#N)C(c2ncc([N+](=O)[O-])n2C)N1NS(=O)(=O)N(C)C. The molecule has 13 heteroatoms. The molecule has 0 saturated carbocycles. The Labute approximate surface area is 138 Å². The van der Waals surface area contributed by atoms with Gasteiger partial charge in [0.2, 0.25) is 5.82 Å². The molecule has 24 heavy (non-hydrogen) atoms. The molecule has 0 fully saturated rings. The van der Waals surface area contributed by atoms with Gasteiger partial charge in [0.05, 0.1) is 18.7 Å². The highest BCUT2D eigenvalue weighted by molar-refractivity contribution is 7.87. The van der Waals surface area contributed by atoms with Crippen LogP contribution in [0, 0.1) is 21.4 Å². The minimum Gasteiger partial charge on any atom is -0.358 e. The van der Waals surface area contributed by atoms with Gasteiger partial charge in [-0.25, -0.2) is 9.55 Å². The van der Waals surface area contributed by atoms with Gasteiger partial charge in [-0.15, -0.1) is 9.95 Å². The van der Waals surface area contributed by atoms with Crippen molar-refractivity contribution in [2.45, 2.75) is 6.04 Å². The van der Waals surface area contributed by atoms with E-state index in [4.69, 9.17) is 0 Å². The van der Waals surface area contributed by atoms with E-state index in [1.54, 1.807) is 0 Å². The Hall–Kier alpha value is -2.53. The van der Waals surface area contributed by atoms with Crippen LogP contribution in [0.15, 0.2) is 18.0 Å². The molecule has 130 valence electrons. The fourth-order valence-electron chi connectivity index (χ4n) is 2.14. The van der Waals surface area contributed by atoms with Crippen molar-refractivity contribution in [3.63, 3.8) is 0 Å². The van der Waals surface area contributed by atoms with Crippen molar-refractivity contribution in [2.24, 2.45) is 7.05 Å². The van der Waals surface area contributed by atoms with Gasteiger partial charge in [-0.05, 0) is 4.92 Å². The first-order valence-corrected chi connectivity index (χ1v) is 8.04. The van der Waals surface area contributed by atoms with Crippen LogP contribution in [0.5, 0.6) is 0 Å². The molecular weight excluding hydrogens is 340 g/mol. The van der Waals surface area contributed by atoms with Gasteiger partial charge in [-0.1, -0.05) is 0 Å². The summed E-state index contributed by atoms with van der Waals surface area (Å²) in [7, 11) is 1.79. The van der Waals surface area contributed by atoms with Crippen LogP contribution < -0.4 is 4.83 Å². The molecule has 0 saturated heterocycles. The third-order valence-electron chi connectivity index (χ3n) is 3.45. The number of nitro groups is 1. The Morgan fingerprint density at radius 2 is 2.08 bits per heavy atom. The normalized spacial score (nSPS) is 18.8. The Kier molecular flexibility index (Phi) is 4.58. The van der Waals surface area contributed by atoms with Crippen LogP contribution in [0.25, 0.3) is 0 Å². The molecule has 1 aliphatic rings. The summed E-state index contributed by atoms with van der Waals surface area (Å²) in [4.78, 5) is 16.7. The van der Waals surface area contributed by atoms with Crippen LogP contribution in [0.4, 0.5) is 5.82 Å². The topological polar surface area (TPSA) is 141 Å². The highest BCUT2D eigenvalue weighted by Crippen LogP contribution is 2.34.